The SMILES string of the molecule is O=[C]CC(=O)O.[H+]. The van der Waals surface area contributed by atoms with Gasteiger partial charge < -0.3 is 5.11 Å². The van der Waals surface area contributed by atoms with Gasteiger partial charge in [-0.1, -0.05) is 0 Å². The Bertz CT molecular complexity index is 70.6. The smallest absolute Gasteiger partial charge is 0.481 e. The summed E-state index contributed by atoms with van der Waals surface area (Å²) in [6, 6.07) is 0. The van der Waals surface area contributed by atoms with Gasteiger partial charge in [-0.25, -0.2) is 0 Å². The molecule has 0 aliphatic rings. The van der Waals surface area contributed by atoms with Gasteiger partial charge in [0.05, 0.1) is 0 Å². The van der Waals surface area contributed by atoms with Gasteiger partial charge in [0.25, 0.3) is 0 Å². The number of hydrogen-bond acceptors (Lipinski definition) is 2. The van der Waals surface area contributed by atoms with Gasteiger partial charge >= 0.3 is 7.40 Å². The van der Waals surface area contributed by atoms with Gasteiger partial charge in [0, 0.05) is 0 Å². The molecule has 0 aromatic rings. The van der Waals surface area contributed by atoms with E-state index in [2.05, 4.69) is 0 Å². The average Bonchev–Trinajstić information content (AvgIpc) is 1.35. The molecule has 1 N–H and O–H groups in total. The maximum atomic E-state index is 9.34. The number of carboxylic acids is 1. The van der Waals surface area contributed by atoms with Gasteiger partial charge in [0.1, 0.15) is 6.42 Å². The van der Waals surface area contributed by atoms with Gasteiger partial charge in [0.2, 0.25) is 6.29 Å². The number of carbonyl (C=O) groups is 1. The van der Waals surface area contributed by atoms with E-state index in [4.69, 9.17) is 9.90 Å². The quantitative estimate of drug-likeness (QED) is 0.471. The first-order valence-corrected chi connectivity index (χ1v) is 1.34. The Morgan fingerprint density at radius 1 is 2.00 bits per heavy atom. The van der Waals surface area contributed by atoms with E-state index in [0.717, 1.165) is 0 Å². The molecule has 0 aromatic carbocycles. The Hall–Kier alpha value is -0.860. The van der Waals surface area contributed by atoms with E-state index in [9.17, 15) is 4.79 Å². The molecule has 0 aliphatic carbocycles. The lowest BCUT2D eigenvalue weighted by Gasteiger charge is -1.70. The van der Waals surface area contributed by atoms with Crippen LogP contribution in [-0.4, -0.2) is 17.4 Å². The lowest BCUT2D eigenvalue weighted by molar-refractivity contribution is -0.135. The summed E-state index contributed by atoms with van der Waals surface area (Å²) < 4.78 is 0. The number of rotatable bonds is 2. The van der Waals surface area contributed by atoms with Crippen LogP contribution in [0.2, 0.25) is 0 Å². The standard InChI is InChI=1S/C3H3O3/c4-2-1-3(5)6/h1H2,(H,5,6)/p+1. The monoisotopic (exact) mass is 88.0 g/mol. The summed E-state index contributed by atoms with van der Waals surface area (Å²) in [5.41, 5.74) is 0. The van der Waals surface area contributed by atoms with Crippen LogP contribution < -0.4 is 0 Å². The molecule has 6 heavy (non-hydrogen) atoms. The second-order valence-corrected chi connectivity index (χ2v) is 0.715. The van der Waals surface area contributed by atoms with Crippen molar-refractivity contribution >= 4 is 12.3 Å². The van der Waals surface area contributed by atoms with E-state index in [1.807, 2.05) is 0 Å². The van der Waals surface area contributed by atoms with Crippen molar-refractivity contribution in [1.29, 1.82) is 0 Å². The third-order valence-corrected chi connectivity index (χ3v) is 0.223. The van der Waals surface area contributed by atoms with Crippen LogP contribution in [0, 0.1) is 0 Å². The van der Waals surface area contributed by atoms with Gasteiger partial charge in [-0.05, 0) is 0 Å². The van der Waals surface area contributed by atoms with Crippen LogP contribution in [0.3, 0.4) is 0 Å². The Labute approximate surface area is 36.1 Å². The molecule has 0 atom stereocenters. The van der Waals surface area contributed by atoms with Crippen molar-refractivity contribution in [3.05, 3.63) is 0 Å². The van der Waals surface area contributed by atoms with Crippen molar-refractivity contribution in [2.45, 2.75) is 6.42 Å². The highest BCUT2D eigenvalue weighted by molar-refractivity contribution is 5.82. The van der Waals surface area contributed by atoms with Crippen LogP contribution in [-0.2, 0) is 9.59 Å². The normalized spacial score (nSPS) is 7.33. The minimum Gasteiger partial charge on any atom is -0.481 e. The van der Waals surface area contributed by atoms with E-state index in [1.54, 1.807) is 0 Å². The van der Waals surface area contributed by atoms with Crippen LogP contribution in [0.5, 0.6) is 0 Å². The zero-order chi connectivity index (χ0) is 4.99. The fourth-order valence-electron chi connectivity index (χ4n) is 0.0617. The molecule has 0 rings (SSSR count). The number of carboxylic acid groups (broad SMARTS) is 1. The summed E-state index contributed by atoms with van der Waals surface area (Å²) in [5, 5.41) is 7.65. The highest BCUT2D eigenvalue weighted by Gasteiger charge is 1.89. The van der Waals surface area contributed by atoms with Crippen LogP contribution in [0.1, 0.15) is 7.85 Å². The minimum absolute atomic E-state index is 0. The van der Waals surface area contributed by atoms with E-state index in [-0.39, 0.29) is 1.43 Å². The van der Waals surface area contributed by atoms with Gasteiger partial charge in [-0.3, -0.25) is 9.59 Å². The molecule has 3 heteroatoms. The minimum atomic E-state index is -1.13. The van der Waals surface area contributed by atoms with Crippen molar-refractivity contribution in [3.63, 3.8) is 0 Å². The molecule has 0 fully saturated rings. The third kappa shape index (κ3) is 3.14. The summed E-state index contributed by atoms with van der Waals surface area (Å²) in [4.78, 5) is 18.4. The predicted molar refractivity (Wildman–Crippen MR) is 19.1 cm³/mol. The van der Waals surface area contributed by atoms with Crippen molar-refractivity contribution in [3.8, 4) is 0 Å². The molecule has 0 saturated carbocycles. The molecule has 1 radical (unpaired) electrons. The number of hydrogen-bond donors (Lipinski definition) is 1. The zero-order valence-electron chi connectivity index (χ0n) is 3.97. The molecule has 0 aliphatic heterocycles. The molecule has 0 spiro atoms. The van der Waals surface area contributed by atoms with Crippen molar-refractivity contribution in [2.75, 3.05) is 0 Å². The lowest BCUT2D eigenvalue weighted by atomic mass is 10.5. The second-order valence-electron chi connectivity index (χ2n) is 0.715. The Kier molecular flexibility index (Phi) is 2.04. The number of carbonyl (C=O) groups excluding carboxylic acids is 1. The molecular formula is C3H4O3+. The average molecular weight is 88.1 g/mol. The second kappa shape index (κ2) is 2.38. The largest absolute Gasteiger partial charge is 1.00 e. The lowest BCUT2D eigenvalue weighted by Crippen LogP contribution is -1.92. The zero-order valence-corrected chi connectivity index (χ0v) is 2.97. The molecular weight excluding hydrogens is 84.0 g/mol. The first-order valence-electron chi connectivity index (χ1n) is 1.34. The molecule has 3 nitrogen and oxygen atoms in total. The summed E-state index contributed by atoms with van der Waals surface area (Å²) in [6.07, 6.45) is 0.704. The van der Waals surface area contributed by atoms with Crippen molar-refractivity contribution in [2.24, 2.45) is 0 Å². The summed E-state index contributed by atoms with van der Waals surface area (Å²) >= 11 is 0. The predicted octanol–water partition coefficient (Wildman–Crippen LogP) is -0.317. The van der Waals surface area contributed by atoms with E-state index < -0.39 is 12.4 Å². The molecule has 33 valence electrons. The number of aliphatic carboxylic acids is 1. The Balaban J connectivity index is 0. The van der Waals surface area contributed by atoms with E-state index >= 15 is 0 Å². The van der Waals surface area contributed by atoms with Crippen LogP contribution in [0.4, 0.5) is 0 Å². The highest BCUT2D eigenvalue weighted by atomic mass is 16.4. The van der Waals surface area contributed by atoms with E-state index in [0.29, 0.717) is 0 Å². The maximum absolute atomic E-state index is 9.34. The summed E-state index contributed by atoms with van der Waals surface area (Å²) in [7, 11) is 0. The molecule has 0 heterocycles. The Morgan fingerprint density at radius 3 is 2.50 bits per heavy atom. The van der Waals surface area contributed by atoms with Crippen LogP contribution in [0.15, 0.2) is 0 Å². The highest BCUT2D eigenvalue weighted by Crippen LogP contribution is 1.65. The summed E-state index contributed by atoms with van der Waals surface area (Å²) in [6.45, 7) is 0. The molecule has 0 amide bonds. The molecule has 0 bridgehead atoms. The van der Waals surface area contributed by atoms with Gasteiger partial charge in [-0.2, -0.15) is 0 Å². The van der Waals surface area contributed by atoms with Crippen LogP contribution >= 0.6 is 0 Å². The molecule has 0 unspecified atom stereocenters. The third-order valence-electron chi connectivity index (χ3n) is 0.223. The fraction of sp³-hybridized carbons (Fsp3) is 0.333. The van der Waals surface area contributed by atoms with Crippen molar-refractivity contribution < 1.29 is 16.1 Å². The van der Waals surface area contributed by atoms with E-state index in [1.165, 1.54) is 6.29 Å². The topological polar surface area (TPSA) is 54.4 Å². The molecule has 0 saturated heterocycles. The maximum Gasteiger partial charge on any atom is 1.00 e. The summed E-state index contributed by atoms with van der Waals surface area (Å²) in [5.74, 6) is -1.13. The molecule has 0 aromatic heterocycles. The Morgan fingerprint density at radius 2 is 2.50 bits per heavy atom. The van der Waals surface area contributed by atoms with Crippen LogP contribution in [0.25, 0.3) is 0 Å². The van der Waals surface area contributed by atoms with Gasteiger partial charge in [-0.15, -0.1) is 0 Å². The first kappa shape index (κ1) is 5.14. The van der Waals surface area contributed by atoms with Gasteiger partial charge in [0.15, 0.2) is 0 Å². The van der Waals surface area contributed by atoms with Crippen molar-refractivity contribution in [1.82, 2.24) is 0 Å². The first-order chi connectivity index (χ1) is 2.77. The fourth-order valence-corrected chi connectivity index (χ4v) is 0.0617.